The van der Waals surface area contributed by atoms with Crippen LogP contribution >= 0.6 is 11.3 Å². The van der Waals surface area contributed by atoms with Crippen molar-refractivity contribution in [3.63, 3.8) is 0 Å². The minimum absolute atomic E-state index is 0.0847. The first kappa shape index (κ1) is 18.3. The topological polar surface area (TPSA) is 41.6 Å². The molecule has 1 N–H and O–H groups in total. The van der Waals surface area contributed by atoms with E-state index >= 15 is 0 Å². The fourth-order valence-corrected chi connectivity index (χ4v) is 3.00. The van der Waals surface area contributed by atoms with Crippen LogP contribution in [0.5, 0.6) is 5.75 Å². The first-order valence-electron chi connectivity index (χ1n) is 7.16. The second-order valence-electron chi connectivity index (χ2n) is 5.07. The van der Waals surface area contributed by atoms with Gasteiger partial charge >= 0.3 is 6.36 Å². The van der Waals surface area contributed by atoms with E-state index in [0.717, 1.165) is 10.4 Å². The zero-order chi connectivity index (χ0) is 17.7. The van der Waals surface area contributed by atoms with Gasteiger partial charge in [0.05, 0.1) is 4.88 Å². The maximum Gasteiger partial charge on any atom is 0.573 e. The highest BCUT2D eigenvalue weighted by Gasteiger charge is 2.31. The molecular formula is C16H17F3N2O2S. The predicted molar refractivity (Wildman–Crippen MR) is 87.3 cm³/mol. The first-order valence-corrected chi connectivity index (χ1v) is 7.98. The molecule has 0 saturated heterocycles. The van der Waals surface area contributed by atoms with E-state index in [-0.39, 0.29) is 11.7 Å². The number of halogens is 3. The summed E-state index contributed by atoms with van der Waals surface area (Å²) in [6, 6.07) is 9.08. The van der Waals surface area contributed by atoms with Gasteiger partial charge in [-0.15, -0.1) is 24.5 Å². The average molecular weight is 358 g/mol. The van der Waals surface area contributed by atoms with Crippen molar-refractivity contribution in [1.29, 1.82) is 0 Å². The number of thiophene rings is 1. The van der Waals surface area contributed by atoms with Gasteiger partial charge in [-0.25, -0.2) is 0 Å². The largest absolute Gasteiger partial charge is 0.573 e. The molecule has 0 bridgehead atoms. The van der Waals surface area contributed by atoms with Gasteiger partial charge in [-0.1, -0.05) is 0 Å². The normalized spacial score (nSPS) is 11.4. The van der Waals surface area contributed by atoms with Crippen LogP contribution < -0.4 is 10.1 Å². The molecule has 0 radical (unpaired) electrons. The highest BCUT2D eigenvalue weighted by Crippen LogP contribution is 2.31. The minimum atomic E-state index is -4.71. The molecule has 0 unspecified atom stereocenters. The number of likely N-dealkylation sites (N-methyl/N-ethyl adjacent to an activating group) is 2. The Bertz CT molecular complexity index is 683. The first-order chi connectivity index (χ1) is 11.3. The maximum absolute atomic E-state index is 12.3. The molecule has 0 atom stereocenters. The summed E-state index contributed by atoms with van der Waals surface area (Å²) in [7, 11) is 3.54. The summed E-state index contributed by atoms with van der Waals surface area (Å²) in [6.45, 7) is 1.28. The van der Waals surface area contributed by atoms with Crippen molar-refractivity contribution in [2.75, 3.05) is 27.2 Å². The van der Waals surface area contributed by atoms with E-state index in [9.17, 15) is 18.0 Å². The third-order valence-corrected chi connectivity index (χ3v) is 4.36. The predicted octanol–water partition coefficient (Wildman–Crippen LogP) is 3.61. The number of alkyl halides is 3. The monoisotopic (exact) mass is 358 g/mol. The van der Waals surface area contributed by atoms with E-state index in [4.69, 9.17) is 0 Å². The molecule has 8 heteroatoms. The van der Waals surface area contributed by atoms with Crippen LogP contribution in [0.2, 0.25) is 0 Å². The molecule has 2 rings (SSSR count). The smallest absolute Gasteiger partial charge is 0.406 e. The Balaban J connectivity index is 2.08. The number of hydrogen-bond acceptors (Lipinski definition) is 4. The van der Waals surface area contributed by atoms with Crippen molar-refractivity contribution in [3.05, 3.63) is 41.3 Å². The number of carbonyl (C=O) groups is 1. The van der Waals surface area contributed by atoms with Gasteiger partial charge in [0, 0.05) is 25.0 Å². The van der Waals surface area contributed by atoms with E-state index in [1.54, 1.807) is 24.1 Å². The molecule has 0 aliphatic heterocycles. The van der Waals surface area contributed by atoms with E-state index in [1.807, 2.05) is 7.05 Å². The molecule has 1 aromatic carbocycles. The number of carbonyl (C=O) groups excluding carboxylic acids is 1. The highest BCUT2D eigenvalue weighted by molar-refractivity contribution is 7.17. The molecule has 4 nitrogen and oxygen atoms in total. The lowest BCUT2D eigenvalue weighted by Gasteiger charge is -2.15. The van der Waals surface area contributed by atoms with Gasteiger partial charge in [-0.3, -0.25) is 4.79 Å². The number of nitrogens with zero attached hydrogens (tertiary/aromatic N) is 1. The second kappa shape index (κ2) is 7.67. The maximum atomic E-state index is 12.3. The molecular weight excluding hydrogens is 341 g/mol. The quantitative estimate of drug-likeness (QED) is 0.858. The lowest BCUT2D eigenvalue weighted by Crippen LogP contribution is -2.32. The van der Waals surface area contributed by atoms with Gasteiger partial charge in [0.25, 0.3) is 5.91 Å². The van der Waals surface area contributed by atoms with Crippen LogP contribution in [0.3, 0.4) is 0 Å². The SMILES string of the molecule is CNCCN(C)C(=O)c1ccc(-c2ccc(OC(F)(F)F)cc2)s1. The van der Waals surface area contributed by atoms with E-state index < -0.39 is 6.36 Å². The fraction of sp³-hybridized carbons (Fsp3) is 0.312. The molecule has 0 spiro atoms. The molecule has 130 valence electrons. The van der Waals surface area contributed by atoms with Crippen LogP contribution in [-0.4, -0.2) is 44.4 Å². The van der Waals surface area contributed by atoms with Crippen LogP contribution in [0.15, 0.2) is 36.4 Å². The number of ether oxygens (including phenoxy) is 1. The van der Waals surface area contributed by atoms with Gasteiger partial charge in [0.2, 0.25) is 0 Å². The summed E-state index contributed by atoms with van der Waals surface area (Å²) < 4.78 is 40.3. The van der Waals surface area contributed by atoms with Crippen molar-refractivity contribution in [1.82, 2.24) is 10.2 Å². The standard InChI is InChI=1S/C16H17F3N2O2S/c1-20-9-10-21(2)15(22)14-8-7-13(24-14)11-3-5-12(6-4-11)23-16(17,18)19/h3-8,20H,9-10H2,1-2H3. The summed E-state index contributed by atoms with van der Waals surface area (Å²) in [5, 5.41) is 2.97. The Morgan fingerprint density at radius 1 is 1.21 bits per heavy atom. The third-order valence-electron chi connectivity index (χ3n) is 3.23. The molecule has 0 fully saturated rings. The minimum Gasteiger partial charge on any atom is -0.406 e. The molecule has 0 aliphatic carbocycles. The van der Waals surface area contributed by atoms with Crippen molar-refractivity contribution in [2.45, 2.75) is 6.36 Å². The summed E-state index contributed by atoms with van der Waals surface area (Å²) in [5.74, 6) is -0.357. The second-order valence-corrected chi connectivity index (χ2v) is 6.15. The number of amides is 1. The molecule has 1 aromatic heterocycles. The lowest BCUT2D eigenvalue weighted by atomic mass is 10.2. The molecule has 1 amide bonds. The number of rotatable bonds is 6. The number of benzene rings is 1. The molecule has 2 aromatic rings. The van der Waals surface area contributed by atoms with E-state index in [0.29, 0.717) is 18.0 Å². The van der Waals surface area contributed by atoms with Crippen LogP contribution in [0.4, 0.5) is 13.2 Å². The zero-order valence-corrected chi connectivity index (χ0v) is 14.0. The average Bonchev–Trinajstić information content (AvgIpc) is 3.01. The summed E-state index contributed by atoms with van der Waals surface area (Å²) in [4.78, 5) is 15.3. The third kappa shape index (κ3) is 4.97. The summed E-state index contributed by atoms with van der Waals surface area (Å²) in [5.41, 5.74) is 0.728. The Morgan fingerprint density at radius 3 is 2.46 bits per heavy atom. The molecule has 0 saturated carbocycles. The van der Waals surface area contributed by atoms with Crippen LogP contribution in [-0.2, 0) is 0 Å². The summed E-state index contributed by atoms with van der Waals surface area (Å²) in [6.07, 6.45) is -4.71. The Morgan fingerprint density at radius 2 is 1.88 bits per heavy atom. The molecule has 0 aliphatic rings. The van der Waals surface area contributed by atoms with Crippen molar-refractivity contribution in [3.8, 4) is 16.2 Å². The van der Waals surface area contributed by atoms with Crippen molar-refractivity contribution >= 4 is 17.2 Å². The Kier molecular flexibility index (Phi) is 5.84. The highest BCUT2D eigenvalue weighted by atomic mass is 32.1. The van der Waals surface area contributed by atoms with Crippen molar-refractivity contribution in [2.24, 2.45) is 0 Å². The lowest BCUT2D eigenvalue weighted by molar-refractivity contribution is -0.274. The van der Waals surface area contributed by atoms with E-state index in [1.165, 1.54) is 35.6 Å². The van der Waals surface area contributed by atoms with Gasteiger partial charge in [-0.05, 0) is 49.0 Å². The fourth-order valence-electron chi connectivity index (χ4n) is 2.00. The number of hydrogen-bond donors (Lipinski definition) is 1. The summed E-state index contributed by atoms with van der Waals surface area (Å²) >= 11 is 1.30. The Hall–Kier alpha value is -2.06. The Labute approximate surface area is 141 Å². The van der Waals surface area contributed by atoms with Crippen LogP contribution in [0.1, 0.15) is 9.67 Å². The van der Waals surface area contributed by atoms with E-state index in [2.05, 4.69) is 10.1 Å². The van der Waals surface area contributed by atoms with Crippen LogP contribution in [0.25, 0.3) is 10.4 Å². The number of nitrogens with one attached hydrogen (secondary N) is 1. The molecule has 1 heterocycles. The van der Waals surface area contributed by atoms with Crippen molar-refractivity contribution < 1.29 is 22.7 Å². The zero-order valence-electron chi connectivity index (χ0n) is 13.2. The van der Waals surface area contributed by atoms with Gasteiger partial charge in [-0.2, -0.15) is 0 Å². The molecule has 24 heavy (non-hydrogen) atoms. The van der Waals surface area contributed by atoms with Gasteiger partial charge in [0.1, 0.15) is 5.75 Å². The van der Waals surface area contributed by atoms with Gasteiger partial charge < -0.3 is 15.0 Å². The van der Waals surface area contributed by atoms with Crippen LogP contribution in [0, 0.1) is 0 Å². The van der Waals surface area contributed by atoms with Gasteiger partial charge in [0.15, 0.2) is 0 Å².